The van der Waals surface area contributed by atoms with Gasteiger partial charge in [0.25, 0.3) is 0 Å². The normalized spacial score (nSPS) is 24.6. The molecule has 2 heterocycles. The molecular formula is C22H28ClN3O4. The van der Waals surface area contributed by atoms with Crippen LogP contribution in [-0.2, 0) is 0 Å². The smallest absolute Gasteiger partial charge is 0.341 e. The number of aromatic hydroxyl groups is 1. The number of benzene rings is 1. The molecule has 0 spiro atoms. The second kappa shape index (κ2) is 7.17. The maximum atomic E-state index is 12.8. The average molecular weight is 434 g/mol. The van der Waals surface area contributed by atoms with Crippen LogP contribution in [0.2, 0.25) is 5.02 Å². The van der Waals surface area contributed by atoms with Gasteiger partial charge < -0.3 is 25.4 Å². The number of carboxylic acids is 1. The second-order valence-corrected chi connectivity index (χ2v) is 9.55. The fourth-order valence-electron chi connectivity index (χ4n) is 4.58. The summed E-state index contributed by atoms with van der Waals surface area (Å²) in [6.45, 7) is 6.87. The first kappa shape index (κ1) is 21.0. The van der Waals surface area contributed by atoms with E-state index < -0.39 is 17.1 Å². The molecule has 2 unspecified atom stereocenters. The Hall–Kier alpha value is -2.25. The standard InChI is InChI=1S/C22H28ClN3O4/c1-11(2)22(24)7-6-12(3)9-26(22)19-16(27)8-14-18(17(19)23)25(13-4-5-13)10-15(20(14)28)21(29)30/h8,10-13,27H,4-7,9,24H2,1-3H3,(H,29,30). The molecule has 4 N–H and O–H groups in total. The average Bonchev–Trinajstić information content (AvgIpc) is 3.50. The van der Waals surface area contributed by atoms with Crippen LogP contribution in [0.1, 0.15) is 62.9 Å². The first-order valence-electron chi connectivity index (χ1n) is 10.5. The molecule has 0 radical (unpaired) electrons. The number of hydrogen-bond acceptors (Lipinski definition) is 5. The number of aromatic carboxylic acids is 1. The zero-order valence-electron chi connectivity index (χ0n) is 17.5. The number of nitrogens with two attached hydrogens (primary N) is 1. The third kappa shape index (κ3) is 3.15. The largest absolute Gasteiger partial charge is 0.506 e. The van der Waals surface area contributed by atoms with E-state index in [0.29, 0.717) is 23.7 Å². The van der Waals surface area contributed by atoms with Crippen LogP contribution < -0.4 is 16.1 Å². The molecule has 1 saturated carbocycles. The topological polar surface area (TPSA) is 109 Å². The molecule has 0 bridgehead atoms. The highest BCUT2D eigenvalue weighted by molar-refractivity contribution is 6.38. The molecule has 7 nitrogen and oxygen atoms in total. The number of piperidine rings is 1. The van der Waals surface area contributed by atoms with E-state index in [-0.39, 0.29) is 33.7 Å². The van der Waals surface area contributed by atoms with Gasteiger partial charge in [0.15, 0.2) is 0 Å². The SMILES string of the molecule is CC1CCC(N)(C(C)C)N(c2c(O)cc3c(=O)c(C(=O)O)cn(C4CC4)c3c2Cl)C1. The Kier molecular flexibility index (Phi) is 5.02. The van der Waals surface area contributed by atoms with Crippen LogP contribution in [-0.4, -0.2) is 33.0 Å². The van der Waals surface area contributed by atoms with E-state index in [9.17, 15) is 19.8 Å². The van der Waals surface area contributed by atoms with Gasteiger partial charge in [-0.05, 0) is 43.6 Å². The number of anilines is 1. The lowest BCUT2D eigenvalue weighted by atomic mass is 9.82. The third-order valence-corrected chi connectivity index (χ3v) is 7.04. The van der Waals surface area contributed by atoms with Crippen molar-refractivity contribution in [2.24, 2.45) is 17.6 Å². The van der Waals surface area contributed by atoms with E-state index in [1.165, 1.54) is 12.3 Å². The van der Waals surface area contributed by atoms with Gasteiger partial charge in [-0.2, -0.15) is 0 Å². The molecule has 2 atom stereocenters. The summed E-state index contributed by atoms with van der Waals surface area (Å²) >= 11 is 6.88. The highest BCUT2D eigenvalue weighted by atomic mass is 35.5. The Labute approximate surface area is 180 Å². The molecule has 1 saturated heterocycles. The molecule has 0 amide bonds. The number of nitrogens with zero attached hydrogens (tertiary/aromatic N) is 2. The summed E-state index contributed by atoms with van der Waals surface area (Å²) in [5.74, 6) is -0.969. The van der Waals surface area contributed by atoms with E-state index in [4.69, 9.17) is 17.3 Å². The van der Waals surface area contributed by atoms with E-state index >= 15 is 0 Å². The molecule has 1 aliphatic heterocycles. The molecule has 1 aromatic carbocycles. The van der Waals surface area contributed by atoms with Gasteiger partial charge in [0.05, 0.1) is 21.6 Å². The number of carboxylic acid groups (broad SMARTS) is 1. The number of rotatable bonds is 4. The Morgan fingerprint density at radius 1 is 1.33 bits per heavy atom. The molecule has 30 heavy (non-hydrogen) atoms. The minimum Gasteiger partial charge on any atom is -0.506 e. The zero-order chi connectivity index (χ0) is 22.0. The molecule has 2 aromatic rings. The van der Waals surface area contributed by atoms with Crippen LogP contribution in [0.15, 0.2) is 17.1 Å². The molecule has 1 aliphatic carbocycles. The predicted octanol–water partition coefficient (Wildman–Crippen LogP) is 3.94. The fourth-order valence-corrected chi connectivity index (χ4v) is 4.98. The van der Waals surface area contributed by atoms with Crippen molar-refractivity contribution < 1.29 is 15.0 Å². The molecule has 2 fully saturated rings. The number of hydrogen-bond donors (Lipinski definition) is 3. The van der Waals surface area contributed by atoms with E-state index in [1.807, 2.05) is 18.7 Å². The van der Waals surface area contributed by atoms with Crippen molar-refractivity contribution in [3.63, 3.8) is 0 Å². The molecular weight excluding hydrogens is 406 g/mol. The van der Waals surface area contributed by atoms with Crippen LogP contribution in [0.5, 0.6) is 5.75 Å². The van der Waals surface area contributed by atoms with Crippen LogP contribution in [0.25, 0.3) is 10.9 Å². The van der Waals surface area contributed by atoms with Crippen molar-refractivity contribution in [2.75, 3.05) is 11.4 Å². The lowest BCUT2D eigenvalue weighted by Gasteiger charge is -2.51. The highest BCUT2D eigenvalue weighted by Crippen LogP contribution is 2.48. The number of aromatic nitrogens is 1. The summed E-state index contributed by atoms with van der Waals surface area (Å²) in [7, 11) is 0. The van der Waals surface area contributed by atoms with Gasteiger partial charge in [-0.1, -0.05) is 32.4 Å². The van der Waals surface area contributed by atoms with Gasteiger partial charge in [0.2, 0.25) is 5.43 Å². The minimum absolute atomic E-state index is 0.0918. The van der Waals surface area contributed by atoms with Gasteiger partial charge in [-0.25, -0.2) is 4.79 Å². The number of phenols is 1. The number of phenolic OH excluding ortho intramolecular Hbond substituents is 1. The highest BCUT2D eigenvalue weighted by Gasteiger charge is 2.42. The fraction of sp³-hybridized carbons (Fsp3) is 0.545. The van der Waals surface area contributed by atoms with Crippen molar-refractivity contribution in [3.8, 4) is 5.75 Å². The number of carbonyl (C=O) groups is 1. The Bertz CT molecular complexity index is 1090. The Morgan fingerprint density at radius 3 is 2.57 bits per heavy atom. The van der Waals surface area contributed by atoms with Gasteiger partial charge in [-0.15, -0.1) is 0 Å². The number of halogens is 1. The van der Waals surface area contributed by atoms with Gasteiger partial charge in [-0.3, -0.25) is 4.79 Å². The summed E-state index contributed by atoms with van der Waals surface area (Å²) < 4.78 is 1.78. The van der Waals surface area contributed by atoms with Crippen molar-refractivity contribution in [1.82, 2.24) is 4.57 Å². The van der Waals surface area contributed by atoms with Crippen molar-refractivity contribution in [3.05, 3.63) is 33.1 Å². The molecule has 162 valence electrons. The zero-order valence-corrected chi connectivity index (χ0v) is 18.2. The van der Waals surface area contributed by atoms with E-state index in [0.717, 1.165) is 25.7 Å². The van der Waals surface area contributed by atoms with Gasteiger partial charge in [0.1, 0.15) is 17.0 Å². The summed E-state index contributed by atoms with van der Waals surface area (Å²) in [5, 5.41) is 20.8. The molecule has 2 aliphatic rings. The number of fused-ring (bicyclic) bond motifs is 1. The van der Waals surface area contributed by atoms with Gasteiger partial charge >= 0.3 is 5.97 Å². The van der Waals surface area contributed by atoms with Crippen LogP contribution in [0, 0.1) is 11.8 Å². The minimum atomic E-state index is -1.29. The van der Waals surface area contributed by atoms with Crippen LogP contribution in [0.3, 0.4) is 0 Å². The maximum absolute atomic E-state index is 12.8. The van der Waals surface area contributed by atoms with Crippen molar-refractivity contribution >= 4 is 34.2 Å². The predicted molar refractivity (Wildman–Crippen MR) is 118 cm³/mol. The summed E-state index contributed by atoms with van der Waals surface area (Å²) in [6.07, 6.45) is 4.89. The third-order valence-electron chi connectivity index (χ3n) is 6.69. The summed E-state index contributed by atoms with van der Waals surface area (Å²) in [5.41, 5.74) is 6.07. The quantitative estimate of drug-likeness (QED) is 0.673. The lowest BCUT2D eigenvalue weighted by molar-refractivity contribution is 0.0695. The van der Waals surface area contributed by atoms with E-state index in [1.54, 1.807) is 4.57 Å². The van der Waals surface area contributed by atoms with Crippen LogP contribution in [0.4, 0.5) is 5.69 Å². The maximum Gasteiger partial charge on any atom is 0.341 e. The monoisotopic (exact) mass is 433 g/mol. The van der Waals surface area contributed by atoms with E-state index in [2.05, 4.69) is 6.92 Å². The molecule has 8 heteroatoms. The van der Waals surface area contributed by atoms with Gasteiger partial charge in [0, 0.05) is 18.8 Å². The molecule has 4 rings (SSSR count). The first-order valence-corrected chi connectivity index (χ1v) is 10.8. The molecule has 1 aromatic heterocycles. The Balaban J connectivity index is 2.03. The Morgan fingerprint density at radius 2 is 2.00 bits per heavy atom. The van der Waals surface area contributed by atoms with Crippen LogP contribution >= 0.6 is 11.6 Å². The summed E-state index contributed by atoms with van der Waals surface area (Å²) in [6, 6.07) is 1.44. The summed E-state index contributed by atoms with van der Waals surface area (Å²) in [4.78, 5) is 26.4. The lowest BCUT2D eigenvalue weighted by Crippen LogP contribution is -2.63. The van der Waals surface area contributed by atoms with Crippen molar-refractivity contribution in [1.29, 1.82) is 0 Å². The number of pyridine rings is 1. The van der Waals surface area contributed by atoms with Crippen molar-refractivity contribution in [2.45, 2.75) is 58.2 Å². The first-order chi connectivity index (χ1) is 14.1. The second-order valence-electron chi connectivity index (χ2n) is 9.17.